The summed E-state index contributed by atoms with van der Waals surface area (Å²) in [5, 5.41) is 3.89. The van der Waals surface area contributed by atoms with E-state index in [1.54, 1.807) is 22.9 Å². The largest absolute Gasteiger partial charge is 0.416 e. The smallest absolute Gasteiger partial charge is 0.272 e. The highest BCUT2D eigenvalue weighted by Gasteiger charge is 2.37. The molecule has 0 atom stereocenters. The molecule has 0 saturated carbocycles. The molecule has 1 saturated heterocycles. The van der Waals surface area contributed by atoms with Crippen LogP contribution in [0.2, 0.25) is 0 Å². The van der Waals surface area contributed by atoms with Gasteiger partial charge >= 0.3 is 6.18 Å². The Bertz CT molecular complexity index is 1580. The molecular formula is C22H16F4N4O5S2. The lowest BCUT2D eigenvalue weighted by atomic mass is 10.1. The minimum Gasteiger partial charge on any atom is -0.272 e. The maximum Gasteiger partial charge on any atom is 0.416 e. The Morgan fingerprint density at radius 1 is 1.16 bits per heavy atom. The molecule has 3 amide bonds. The van der Waals surface area contributed by atoms with Gasteiger partial charge in [0.15, 0.2) is 0 Å². The van der Waals surface area contributed by atoms with Gasteiger partial charge in [-0.1, -0.05) is 12.1 Å². The van der Waals surface area contributed by atoms with Crippen molar-refractivity contribution in [2.45, 2.75) is 12.7 Å². The van der Waals surface area contributed by atoms with E-state index in [-0.39, 0.29) is 17.0 Å². The standard InChI is InChI=1S/C22H16F4N4O5S2/c1-37(34,35)28-19(31)11-29-20(32)18(36-21(29)33)7-12-2-5-17-14(6-12)9-27-30(17)10-13-3-4-15(23)8-16(13)22(24,25)26/h2-9H,10-11H2,1H3,(H,28,31)/b18-7-. The summed E-state index contributed by atoms with van der Waals surface area (Å²) >= 11 is 0.565. The summed E-state index contributed by atoms with van der Waals surface area (Å²) in [6.07, 6.45) is -1.20. The van der Waals surface area contributed by atoms with Crippen LogP contribution in [0.4, 0.5) is 22.4 Å². The van der Waals surface area contributed by atoms with Crippen LogP contribution in [-0.4, -0.2) is 53.0 Å². The number of imide groups is 1. The summed E-state index contributed by atoms with van der Waals surface area (Å²) in [7, 11) is -3.86. The molecule has 15 heteroatoms. The lowest BCUT2D eigenvalue weighted by Gasteiger charge is -2.13. The molecule has 37 heavy (non-hydrogen) atoms. The van der Waals surface area contributed by atoms with Crippen LogP contribution in [0.25, 0.3) is 17.0 Å². The van der Waals surface area contributed by atoms with Crippen molar-refractivity contribution in [1.82, 2.24) is 19.4 Å². The van der Waals surface area contributed by atoms with Crippen LogP contribution in [0, 0.1) is 5.82 Å². The van der Waals surface area contributed by atoms with Crippen molar-refractivity contribution < 1.29 is 40.4 Å². The maximum atomic E-state index is 13.4. The fourth-order valence-electron chi connectivity index (χ4n) is 3.60. The molecular weight excluding hydrogens is 540 g/mol. The maximum absolute atomic E-state index is 13.4. The molecule has 9 nitrogen and oxygen atoms in total. The lowest BCUT2D eigenvalue weighted by molar-refractivity contribution is -0.138. The first kappa shape index (κ1) is 26.3. The number of alkyl halides is 3. The van der Waals surface area contributed by atoms with Gasteiger partial charge in [-0.2, -0.15) is 18.3 Å². The number of rotatable bonds is 6. The Morgan fingerprint density at radius 3 is 2.57 bits per heavy atom. The topological polar surface area (TPSA) is 118 Å². The van der Waals surface area contributed by atoms with E-state index in [2.05, 4.69) is 5.10 Å². The molecule has 2 heterocycles. The molecule has 194 valence electrons. The normalized spacial score (nSPS) is 15.7. The van der Waals surface area contributed by atoms with E-state index in [0.29, 0.717) is 39.2 Å². The molecule has 3 aromatic rings. The van der Waals surface area contributed by atoms with Gasteiger partial charge in [0.25, 0.3) is 17.1 Å². The molecule has 1 aromatic heterocycles. The summed E-state index contributed by atoms with van der Waals surface area (Å²) in [6, 6.07) is 7.13. The fourth-order valence-corrected chi connectivity index (χ4v) is 4.92. The second kappa shape index (κ2) is 9.63. The second-order valence-electron chi connectivity index (χ2n) is 7.98. The Hall–Kier alpha value is -3.72. The van der Waals surface area contributed by atoms with Crippen LogP contribution in [-0.2, 0) is 32.3 Å². The van der Waals surface area contributed by atoms with Crippen LogP contribution in [0.5, 0.6) is 0 Å². The summed E-state index contributed by atoms with van der Waals surface area (Å²) in [5.74, 6) is -2.84. The monoisotopic (exact) mass is 556 g/mol. The van der Waals surface area contributed by atoms with E-state index in [1.165, 1.54) is 17.0 Å². The van der Waals surface area contributed by atoms with Crippen molar-refractivity contribution in [2.75, 3.05) is 12.8 Å². The van der Waals surface area contributed by atoms with Crippen LogP contribution in [0.15, 0.2) is 47.5 Å². The minimum absolute atomic E-state index is 0.00923. The summed E-state index contributed by atoms with van der Waals surface area (Å²) in [6.45, 7) is -1.05. The van der Waals surface area contributed by atoms with E-state index in [9.17, 15) is 40.4 Å². The molecule has 1 aliphatic rings. The van der Waals surface area contributed by atoms with Crippen molar-refractivity contribution in [1.29, 1.82) is 0 Å². The van der Waals surface area contributed by atoms with Crippen molar-refractivity contribution in [3.8, 4) is 0 Å². The zero-order valence-electron chi connectivity index (χ0n) is 18.7. The van der Waals surface area contributed by atoms with E-state index >= 15 is 0 Å². The number of nitrogens with zero attached hydrogens (tertiary/aromatic N) is 3. The van der Waals surface area contributed by atoms with E-state index < -0.39 is 51.2 Å². The number of sulfonamides is 1. The van der Waals surface area contributed by atoms with Gasteiger partial charge < -0.3 is 0 Å². The Morgan fingerprint density at radius 2 is 1.89 bits per heavy atom. The first-order chi connectivity index (χ1) is 17.2. The zero-order chi connectivity index (χ0) is 27.1. The SMILES string of the molecule is CS(=O)(=O)NC(=O)CN1C(=O)S/C(=C\c2ccc3c(cnn3Cc3ccc(F)cc3C(F)(F)F)c2)C1=O. The second-order valence-corrected chi connectivity index (χ2v) is 10.7. The quantitative estimate of drug-likeness (QED) is 0.365. The average Bonchev–Trinajstić information content (AvgIpc) is 3.28. The van der Waals surface area contributed by atoms with Crippen LogP contribution >= 0.6 is 11.8 Å². The molecule has 1 N–H and O–H groups in total. The molecule has 2 aromatic carbocycles. The number of carbonyl (C=O) groups excluding carboxylic acids is 3. The number of hydrogen-bond donors (Lipinski definition) is 1. The summed E-state index contributed by atoms with van der Waals surface area (Å²) < 4.78 is 78.7. The molecule has 0 bridgehead atoms. The van der Waals surface area contributed by atoms with Gasteiger partial charge in [0, 0.05) is 5.39 Å². The Balaban J connectivity index is 1.56. The number of benzene rings is 2. The molecule has 1 aliphatic heterocycles. The third-order valence-electron chi connectivity index (χ3n) is 5.14. The number of aromatic nitrogens is 2. The van der Waals surface area contributed by atoms with Crippen LogP contribution in [0.3, 0.4) is 0 Å². The highest BCUT2D eigenvalue weighted by Crippen LogP contribution is 2.34. The summed E-state index contributed by atoms with van der Waals surface area (Å²) in [5.41, 5.74) is -0.332. The van der Waals surface area contributed by atoms with Crippen LogP contribution < -0.4 is 4.72 Å². The fraction of sp³-hybridized carbons (Fsp3) is 0.182. The van der Waals surface area contributed by atoms with E-state index in [0.717, 1.165) is 18.4 Å². The molecule has 1 fully saturated rings. The van der Waals surface area contributed by atoms with Gasteiger partial charge in [-0.3, -0.25) is 28.7 Å². The van der Waals surface area contributed by atoms with Crippen molar-refractivity contribution in [2.24, 2.45) is 0 Å². The Kier molecular flexibility index (Phi) is 6.85. The first-order valence-electron chi connectivity index (χ1n) is 10.3. The highest BCUT2D eigenvalue weighted by atomic mass is 32.2. The van der Waals surface area contributed by atoms with Gasteiger partial charge in [0.05, 0.1) is 35.0 Å². The van der Waals surface area contributed by atoms with Crippen molar-refractivity contribution in [3.05, 3.63) is 70.0 Å². The number of nitrogens with one attached hydrogen (secondary N) is 1. The average molecular weight is 557 g/mol. The van der Waals surface area contributed by atoms with Crippen LogP contribution in [0.1, 0.15) is 16.7 Å². The number of amides is 3. The minimum atomic E-state index is -4.75. The molecule has 0 spiro atoms. The van der Waals surface area contributed by atoms with Gasteiger partial charge in [0.2, 0.25) is 10.0 Å². The van der Waals surface area contributed by atoms with Gasteiger partial charge in [-0.05, 0) is 53.2 Å². The van der Waals surface area contributed by atoms with Gasteiger partial charge in [0.1, 0.15) is 12.4 Å². The number of carbonyl (C=O) groups is 3. The van der Waals surface area contributed by atoms with Gasteiger partial charge in [-0.15, -0.1) is 0 Å². The van der Waals surface area contributed by atoms with E-state index in [4.69, 9.17) is 0 Å². The Labute approximate surface area is 211 Å². The zero-order valence-corrected chi connectivity index (χ0v) is 20.4. The molecule has 0 unspecified atom stereocenters. The number of halogens is 4. The van der Waals surface area contributed by atoms with Gasteiger partial charge in [-0.25, -0.2) is 12.8 Å². The summed E-state index contributed by atoms with van der Waals surface area (Å²) in [4.78, 5) is 37.1. The predicted octanol–water partition coefficient (Wildman–Crippen LogP) is 3.35. The lowest BCUT2D eigenvalue weighted by Crippen LogP contribution is -2.41. The molecule has 0 radical (unpaired) electrons. The third kappa shape index (κ3) is 5.99. The van der Waals surface area contributed by atoms with Crippen molar-refractivity contribution in [3.63, 3.8) is 0 Å². The number of thioether (sulfide) groups is 1. The van der Waals surface area contributed by atoms with E-state index in [1.807, 2.05) is 0 Å². The van der Waals surface area contributed by atoms with Crippen molar-refractivity contribution >= 4 is 55.8 Å². The number of fused-ring (bicyclic) bond motifs is 1. The predicted molar refractivity (Wildman–Crippen MR) is 126 cm³/mol. The first-order valence-corrected chi connectivity index (χ1v) is 13.0. The highest BCUT2D eigenvalue weighted by molar-refractivity contribution is 8.18. The third-order valence-corrected chi connectivity index (χ3v) is 6.64. The molecule has 0 aliphatic carbocycles. The number of hydrogen-bond acceptors (Lipinski definition) is 7. The molecule has 4 rings (SSSR count).